The molecule has 136 valence electrons. The van der Waals surface area contributed by atoms with Crippen LogP contribution in [0.5, 0.6) is 5.75 Å². The number of nitrogens with zero attached hydrogens (tertiary/aromatic N) is 2. The second-order valence-corrected chi connectivity index (χ2v) is 7.32. The number of hydrogen-bond donors (Lipinski definition) is 1. The van der Waals surface area contributed by atoms with E-state index in [9.17, 15) is 14.7 Å². The van der Waals surface area contributed by atoms with Gasteiger partial charge in [0.15, 0.2) is 0 Å². The fourth-order valence-corrected chi connectivity index (χ4v) is 4.23. The van der Waals surface area contributed by atoms with Gasteiger partial charge in [0.2, 0.25) is 0 Å². The number of allylic oxidation sites excluding steroid dienone is 1. The molecule has 0 spiro atoms. The van der Waals surface area contributed by atoms with Crippen molar-refractivity contribution in [2.75, 3.05) is 7.11 Å². The predicted octanol–water partition coefficient (Wildman–Crippen LogP) is 2.78. The van der Waals surface area contributed by atoms with Crippen molar-refractivity contribution in [3.8, 4) is 5.75 Å². The lowest BCUT2D eigenvalue weighted by atomic mass is 10.0. The summed E-state index contributed by atoms with van der Waals surface area (Å²) in [5.41, 5.74) is 2.43. The van der Waals surface area contributed by atoms with Crippen LogP contribution in [0, 0.1) is 5.41 Å². The van der Waals surface area contributed by atoms with Gasteiger partial charge in [-0.1, -0.05) is 18.2 Å². The van der Waals surface area contributed by atoms with Gasteiger partial charge in [-0.15, -0.1) is 0 Å². The van der Waals surface area contributed by atoms with Crippen LogP contribution in [0.1, 0.15) is 41.5 Å². The maximum atomic E-state index is 13.1. The lowest BCUT2D eigenvalue weighted by molar-refractivity contribution is -0.141. The molecule has 0 bridgehead atoms. The molecule has 3 aliphatic rings. The fraction of sp³-hybridized carbons (Fsp3) is 0.286. The molecule has 5 rings (SSSR count). The van der Waals surface area contributed by atoms with Crippen molar-refractivity contribution >= 4 is 23.7 Å². The van der Waals surface area contributed by atoms with Crippen LogP contribution in [0.15, 0.2) is 35.1 Å². The quantitative estimate of drug-likeness (QED) is 0.908. The van der Waals surface area contributed by atoms with Crippen molar-refractivity contribution < 1.29 is 14.6 Å². The zero-order valence-corrected chi connectivity index (χ0v) is 14.8. The molecule has 0 amide bonds. The van der Waals surface area contributed by atoms with Crippen molar-refractivity contribution in [1.29, 1.82) is 0 Å². The first-order chi connectivity index (χ1) is 13.0. The smallest absolute Gasteiger partial charge is 0.315 e. The Hall–Kier alpha value is -3.15. The van der Waals surface area contributed by atoms with E-state index in [0.717, 1.165) is 29.0 Å². The molecule has 2 atom stereocenters. The normalized spacial score (nSPS) is 25.7. The molecule has 6 nitrogen and oxygen atoms in total. The van der Waals surface area contributed by atoms with Gasteiger partial charge < -0.3 is 9.84 Å². The topological polar surface area (TPSA) is 81.4 Å². The number of carbonyl (C=O) groups is 1. The minimum atomic E-state index is -0.926. The van der Waals surface area contributed by atoms with Gasteiger partial charge in [0.05, 0.1) is 18.8 Å². The van der Waals surface area contributed by atoms with Crippen LogP contribution in [0.4, 0.5) is 0 Å². The molecule has 1 aromatic carbocycles. The van der Waals surface area contributed by atoms with E-state index in [1.807, 2.05) is 30.3 Å². The van der Waals surface area contributed by atoms with Crippen LogP contribution in [0.3, 0.4) is 0 Å². The van der Waals surface area contributed by atoms with Crippen LogP contribution in [0.25, 0.3) is 17.7 Å². The second kappa shape index (κ2) is 5.42. The van der Waals surface area contributed by atoms with E-state index in [4.69, 9.17) is 9.72 Å². The third-order valence-corrected chi connectivity index (χ3v) is 5.82. The Morgan fingerprint density at radius 1 is 1.41 bits per heavy atom. The molecule has 27 heavy (non-hydrogen) atoms. The number of benzene rings is 1. The average Bonchev–Trinajstić information content (AvgIpc) is 3.31. The van der Waals surface area contributed by atoms with Gasteiger partial charge in [0.25, 0.3) is 5.56 Å². The third kappa shape index (κ3) is 2.22. The van der Waals surface area contributed by atoms with Crippen LogP contribution in [0.2, 0.25) is 0 Å². The largest absolute Gasteiger partial charge is 0.497 e. The summed E-state index contributed by atoms with van der Waals surface area (Å²) in [5.74, 6) is 0.458. The summed E-state index contributed by atoms with van der Waals surface area (Å²) in [7, 11) is 1.63. The number of fused-ring (bicyclic) bond motifs is 4. The first-order valence-electron chi connectivity index (χ1n) is 8.96. The molecule has 1 aliphatic heterocycles. The fourth-order valence-electron chi connectivity index (χ4n) is 4.23. The lowest BCUT2D eigenvalue weighted by Crippen LogP contribution is -2.31. The van der Waals surface area contributed by atoms with Gasteiger partial charge in [-0.2, -0.15) is 0 Å². The minimum Gasteiger partial charge on any atom is -0.497 e. The van der Waals surface area contributed by atoms with Crippen molar-refractivity contribution in [3.63, 3.8) is 0 Å². The molecular weight excluding hydrogens is 344 g/mol. The summed E-state index contributed by atoms with van der Waals surface area (Å²) in [6, 6.07) is 7.44. The Balaban J connectivity index is 1.60. The highest BCUT2D eigenvalue weighted by atomic mass is 16.5. The van der Waals surface area contributed by atoms with Gasteiger partial charge in [-0.25, -0.2) is 4.98 Å². The van der Waals surface area contributed by atoms with Crippen molar-refractivity contribution in [1.82, 2.24) is 9.55 Å². The molecule has 2 aliphatic carbocycles. The standard InChI is InChI=1S/C21H18N2O4/c1-27-14-4-2-3-12(10-14)9-13-5-6-15-18(13)22-17-7-8-21(20(25)26)11-16(21)23(17)19(15)24/h2-4,7-10,16H,5-6,11H2,1H3,(H,25,26). The predicted molar refractivity (Wildman–Crippen MR) is 100 cm³/mol. The highest BCUT2D eigenvalue weighted by Crippen LogP contribution is 2.59. The number of rotatable bonds is 3. The molecule has 1 aromatic heterocycles. The molecule has 1 N–H and O–H groups in total. The maximum Gasteiger partial charge on any atom is 0.315 e. The summed E-state index contributed by atoms with van der Waals surface area (Å²) in [6.07, 6.45) is 7.25. The van der Waals surface area contributed by atoms with E-state index in [1.165, 1.54) is 0 Å². The second-order valence-electron chi connectivity index (χ2n) is 7.32. The third-order valence-electron chi connectivity index (χ3n) is 5.82. The van der Waals surface area contributed by atoms with E-state index < -0.39 is 11.4 Å². The van der Waals surface area contributed by atoms with Crippen LogP contribution in [-0.4, -0.2) is 27.7 Å². The first kappa shape index (κ1) is 16.1. The minimum absolute atomic E-state index is 0.0958. The lowest BCUT2D eigenvalue weighted by Gasteiger charge is -2.18. The molecule has 6 heteroatoms. The Morgan fingerprint density at radius 2 is 2.26 bits per heavy atom. The van der Waals surface area contributed by atoms with Crippen LogP contribution >= 0.6 is 0 Å². The SMILES string of the molecule is COc1cccc(C=C2CCc3c2nc2n(c3=O)C3CC3(C(=O)O)C=C2)c1. The number of carboxylic acid groups (broad SMARTS) is 1. The molecule has 0 saturated heterocycles. The molecule has 1 fully saturated rings. The number of aromatic nitrogens is 2. The highest BCUT2D eigenvalue weighted by molar-refractivity contribution is 5.86. The van der Waals surface area contributed by atoms with E-state index in [0.29, 0.717) is 24.2 Å². The van der Waals surface area contributed by atoms with Gasteiger partial charge in [0, 0.05) is 5.56 Å². The zero-order chi connectivity index (χ0) is 18.8. The summed E-state index contributed by atoms with van der Waals surface area (Å²) in [4.78, 5) is 29.4. The van der Waals surface area contributed by atoms with Crippen LogP contribution in [-0.2, 0) is 11.2 Å². The monoisotopic (exact) mass is 362 g/mol. The van der Waals surface area contributed by atoms with E-state index >= 15 is 0 Å². The maximum absolute atomic E-state index is 13.1. The number of hydrogen-bond acceptors (Lipinski definition) is 4. The van der Waals surface area contributed by atoms with Crippen molar-refractivity contribution in [2.24, 2.45) is 5.41 Å². The van der Waals surface area contributed by atoms with Crippen molar-refractivity contribution in [2.45, 2.75) is 25.3 Å². The Kier molecular flexibility index (Phi) is 3.22. The molecule has 2 unspecified atom stereocenters. The van der Waals surface area contributed by atoms with E-state index in [-0.39, 0.29) is 11.6 Å². The number of methoxy groups -OCH3 is 1. The Morgan fingerprint density at radius 3 is 3.04 bits per heavy atom. The molecular formula is C21H18N2O4. The Bertz CT molecular complexity index is 1110. The summed E-state index contributed by atoms with van der Waals surface area (Å²) >= 11 is 0. The van der Waals surface area contributed by atoms with Crippen LogP contribution < -0.4 is 10.3 Å². The van der Waals surface area contributed by atoms with Gasteiger partial charge in [-0.3, -0.25) is 14.2 Å². The molecule has 1 saturated carbocycles. The molecule has 2 heterocycles. The Labute approximate surface area is 155 Å². The van der Waals surface area contributed by atoms with Crippen molar-refractivity contribution in [3.05, 3.63) is 63.3 Å². The highest BCUT2D eigenvalue weighted by Gasteiger charge is 2.62. The number of ether oxygens (including phenoxy) is 1. The number of carboxylic acids is 1. The summed E-state index contributed by atoms with van der Waals surface area (Å²) < 4.78 is 6.86. The summed E-state index contributed by atoms with van der Waals surface area (Å²) in [6.45, 7) is 0. The summed E-state index contributed by atoms with van der Waals surface area (Å²) in [5, 5.41) is 9.49. The molecule has 2 aromatic rings. The van der Waals surface area contributed by atoms with E-state index in [2.05, 4.69) is 0 Å². The molecule has 0 radical (unpaired) electrons. The first-order valence-corrected chi connectivity index (χ1v) is 8.96. The van der Waals surface area contributed by atoms with Gasteiger partial charge in [-0.05, 0) is 54.7 Å². The number of aliphatic carboxylic acids is 1. The van der Waals surface area contributed by atoms with Gasteiger partial charge >= 0.3 is 5.97 Å². The van der Waals surface area contributed by atoms with Gasteiger partial charge in [0.1, 0.15) is 17.0 Å². The zero-order valence-electron chi connectivity index (χ0n) is 14.8. The average molecular weight is 362 g/mol. The van der Waals surface area contributed by atoms with E-state index in [1.54, 1.807) is 23.8 Å².